The van der Waals surface area contributed by atoms with Gasteiger partial charge < -0.3 is 0 Å². The minimum atomic E-state index is -0.438. The summed E-state index contributed by atoms with van der Waals surface area (Å²) in [6, 6.07) is 13.3. The molecule has 0 fully saturated rings. The van der Waals surface area contributed by atoms with E-state index in [0.29, 0.717) is 10.6 Å². The van der Waals surface area contributed by atoms with Crippen molar-refractivity contribution in [2.75, 3.05) is 0 Å². The van der Waals surface area contributed by atoms with Gasteiger partial charge in [0.05, 0.1) is 11.6 Å². The molecular formula is C13H7ClFN. The van der Waals surface area contributed by atoms with E-state index < -0.39 is 5.82 Å². The van der Waals surface area contributed by atoms with Crippen LogP contribution >= 0.6 is 11.6 Å². The van der Waals surface area contributed by atoms with Gasteiger partial charge in [-0.3, -0.25) is 0 Å². The van der Waals surface area contributed by atoms with Gasteiger partial charge >= 0.3 is 0 Å². The first kappa shape index (κ1) is 10.7. The van der Waals surface area contributed by atoms with Gasteiger partial charge in [0.2, 0.25) is 0 Å². The second kappa shape index (κ2) is 4.34. The lowest BCUT2D eigenvalue weighted by Crippen LogP contribution is -1.90. The summed E-state index contributed by atoms with van der Waals surface area (Å²) < 4.78 is 13.7. The predicted molar refractivity (Wildman–Crippen MR) is 61.6 cm³/mol. The SMILES string of the molecule is N#Cc1cccc(F)c1-c1ccccc1Cl. The highest BCUT2D eigenvalue weighted by molar-refractivity contribution is 6.33. The fourth-order valence-corrected chi connectivity index (χ4v) is 1.79. The molecule has 0 N–H and O–H groups in total. The third kappa shape index (κ3) is 1.78. The van der Waals surface area contributed by atoms with Crippen LogP contribution in [-0.2, 0) is 0 Å². The van der Waals surface area contributed by atoms with Crippen molar-refractivity contribution in [2.45, 2.75) is 0 Å². The lowest BCUT2D eigenvalue weighted by atomic mass is 10.00. The molecule has 0 spiro atoms. The van der Waals surface area contributed by atoms with Gasteiger partial charge in [0.15, 0.2) is 0 Å². The molecule has 0 radical (unpaired) electrons. The Balaban J connectivity index is 2.75. The maximum atomic E-state index is 13.7. The van der Waals surface area contributed by atoms with Crippen molar-refractivity contribution in [3.63, 3.8) is 0 Å². The van der Waals surface area contributed by atoms with Crippen LogP contribution < -0.4 is 0 Å². The van der Waals surface area contributed by atoms with E-state index in [4.69, 9.17) is 16.9 Å². The van der Waals surface area contributed by atoms with Gasteiger partial charge in [0.1, 0.15) is 5.82 Å². The molecule has 0 aliphatic rings. The predicted octanol–water partition coefficient (Wildman–Crippen LogP) is 4.02. The van der Waals surface area contributed by atoms with E-state index >= 15 is 0 Å². The number of nitrogens with zero attached hydrogens (tertiary/aromatic N) is 1. The number of halogens is 2. The Labute approximate surface area is 97.7 Å². The molecule has 78 valence electrons. The minimum absolute atomic E-state index is 0.260. The second-order valence-corrected chi connectivity index (χ2v) is 3.66. The monoisotopic (exact) mass is 231 g/mol. The second-order valence-electron chi connectivity index (χ2n) is 3.25. The van der Waals surface area contributed by atoms with E-state index in [9.17, 15) is 4.39 Å². The Morgan fingerprint density at radius 3 is 2.50 bits per heavy atom. The van der Waals surface area contributed by atoms with Crippen LogP contribution in [0.5, 0.6) is 0 Å². The Morgan fingerprint density at radius 1 is 1.06 bits per heavy atom. The van der Waals surface area contributed by atoms with Crippen molar-refractivity contribution < 1.29 is 4.39 Å². The summed E-state index contributed by atoms with van der Waals surface area (Å²) in [6.45, 7) is 0. The van der Waals surface area contributed by atoms with E-state index in [1.54, 1.807) is 30.3 Å². The molecule has 0 saturated heterocycles. The van der Waals surface area contributed by atoms with Crippen LogP contribution in [0.4, 0.5) is 4.39 Å². The van der Waals surface area contributed by atoms with Crippen LogP contribution in [0.2, 0.25) is 5.02 Å². The normalized spacial score (nSPS) is 9.81. The first-order valence-corrected chi connectivity index (χ1v) is 5.05. The topological polar surface area (TPSA) is 23.8 Å². The van der Waals surface area contributed by atoms with Crippen LogP contribution in [0.3, 0.4) is 0 Å². The molecule has 1 nitrogen and oxygen atoms in total. The van der Waals surface area contributed by atoms with Crippen LogP contribution in [0, 0.1) is 17.1 Å². The third-order valence-corrected chi connectivity index (χ3v) is 2.61. The maximum absolute atomic E-state index is 13.7. The average molecular weight is 232 g/mol. The van der Waals surface area contributed by atoms with Crippen LogP contribution in [-0.4, -0.2) is 0 Å². The van der Waals surface area contributed by atoms with Crippen molar-refractivity contribution in [3.8, 4) is 17.2 Å². The standard InChI is InChI=1S/C13H7ClFN/c14-11-6-2-1-5-10(11)13-9(8-16)4-3-7-12(13)15/h1-7H. The van der Waals surface area contributed by atoms with E-state index in [0.717, 1.165) is 0 Å². The minimum Gasteiger partial charge on any atom is -0.206 e. The lowest BCUT2D eigenvalue weighted by molar-refractivity contribution is 0.631. The summed E-state index contributed by atoms with van der Waals surface area (Å²) >= 11 is 5.98. The molecule has 0 unspecified atom stereocenters. The quantitative estimate of drug-likeness (QED) is 0.727. The molecule has 0 amide bonds. The largest absolute Gasteiger partial charge is 0.206 e. The Hall–Kier alpha value is -1.85. The molecule has 2 aromatic carbocycles. The van der Waals surface area contributed by atoms with Gasteiger partial charge in [-0.1, -0.05) is 35.9 Å². The smallest absolute Gasteiger partial charge is 0.132 e. The molecule has 2 rings (SSSR count). The Morgan fingerprint density at radius 2 is 1.81 bits per heavy atom. The summed E-state index contributed by atoms with van der Waals surface area (Å²) in [6.07, 6.45) is 0. The van der Waals surface area contributed by atoms with Crippen molar-refractivity contribution in [1.29, 1.82) is 5.26 Å². The summed E-state index contributed by atoms with van der Waals surface area (Å²) in [7, 11) is 0. The van der Waals surface area contributed by atoms with Crippen LogP contribution in [0.1, 0.15) is 5.56 Å². The number of hydrogen-bond donors (Lipinski definition) is 0. The molecule has 0 heterocycles. The van der Waals surface area contributed by atoms with Crippen molar-refractivity contribution in [2.24, 2.45) is 0 Å². The van der Waals surface area contributed by atoms with Crippen LogP contribution in [0.15, 0.2) is 42.5 Å². The molecule has 16 heavy (non-hydrogen) atoms. The molecule has 0 saturated carbocycles. The number of nitriles is 1. The molecule has 0 aliphatic carbocycles. The number of hydrogen-bond acceptors (Lipinski definition) is 1. The van der Waals surface area contributed by atoms with Crippen molar-refractivity contribution in [1.82, 2.24) is 0 Å². The zero-order chi connectivity index (χ0) is 11.5. The zero-order valence-electron chi connectivity index (χ0n) is 8.24. The van der Waals surface area contributed by atoms with Gasteiger partial charge in [-0.15, -0.1) is 0 Å². The van der Waals surface area contributed by atoms with Gasteiger partial charge in [0, 0.05) is 16.1 Å². The third-order valence-electron chi connectivity index (χ3n) is 2.28. The number of rotatable bonds is 1. The summed E-state index contributed by atoms with van der Waals surface area (Å²) in [5.41, 5.74) is 1.09. The van der Waals surface area contributed by atoms with Gasteiger partial charge in [-0.25, -0.2) is 4.39 Å². The first-order valence-electron chi connectivity index (χ1n) is 4.67. The fraction of sp³-hybridized carbons (Fsp3) is 0. The highest BCUT2D eigenvalue weighted by Gasteiger charge is 2.12. The van der Waals surface area contributed by atoms with Crippen molar-refractivity contribution >= 4 is 11.6 Å². The van der Waals surface area contributed by atoms with E-state index in [-0.39, 0.29) is 11.1 Å². The Kier molecular flexibility index (Phi) is 2.89. The van der Waals surface area contributed by atoms with E-state index in [1.807, 2.05) is 6.07 Å². The molecule has 0 atom stereocenters. The van der Waals surface area contributed by atoms with Gasteiger partial charge in [-0.05, 0) is 18.2 Å². The fourth-order valence-electron chi connectivity index (χ4n) is 1.55. The lowest BCUT2D eigenvalue weighted by Gasteiger charge is -2.07. The summed E-state index contributed by atoms with van der Waals surface area (Å²) in [5.74, 6) is -0.438. The van der Waals surface area contributed by atoms with E-state index in [2.05, 4.69) is 0 Å². The Bertz CT molecular complexity index is 572. The van der Waals surface area contributed by atoms with Gasteiger partial charge in [-0.2, -0.15) is 5.26 Å². The molecule has 3 heteroatoms. The van der Waals surface area contributed by atoms with Crippen LogP contribution in [0.25, 0.3) is 11.1 Å². The van der Waals surface area contributed by atoms with Gasteiger partial charge in [0.25, 0.3) is 0 Å². The molecule has 0 aromatic heterocycles. The number of benzene rings is 2. The summed E-state index contributed by atoms with van der Waals surface area (Å²) in [5, 5.41) is 9.37. The highest BCUT2D eigenvalue weighted by atomic mass is 35.5. The first-order chi connectivity index (χ1) is 7.74. The van der Waals surface area contributed by atoms with Crippen molar-refractivity contribution in [3.05, 3.63) is 58.9 Å². The summed E-state index contributed by atoms with van der Waals surface area (Å²) in [4.78, 5) is 0. The molecule has 0 bridgehead atoms. The average Bonchev–Trinajstić information content (AvgIpc) is 2.30. The molecule has 2 aromatic rings. The zero-order valence-corrected chi connectivity index (χ0v) is 9.00. The maximum Gasteiger partial charge on any atom is 0.132 e. The molecule has 0 aliphatic heterocycles. The molecular weight excluding hydrogens is 225 g/mol. The van der Waals surface area contributed by atoms with E-state index in [1.165, 1.54) is 12.1 Å². The highest BCUT2D eigenvalue weighted by Crippen LogP contribution is 2.31.